The Morgan fingerprint density at radius 1 is 1.23 bits per heavy atom. The first-order valence-electron chi connectivity index (χ1n) is 9.16. The van der Waals surface area contributed by atoms with Crippen molar-refractivity contribution in [1.29, 1.82) is 0 Å². The van der Waals surface area contributed by atoms with Crippen molar-refractivity contribution in [3.63, 3.8) is 0 Å². The summed E-state index contributed by atoms with van der Waals surface area (Å²) in [5.74, 6) is -1.07. The topological polar surface area (TPSA) is 89.8 Å². The van der Waals surface area contributed by atoms with Crippen molar-refractivity contribution < 1.29 is 19.2 Å². The van der Waals surface area contributed by atoms with Crippen LogP contribution in [0.3, 0.4) is 0 Å². The average molecular weight is 443 g/mol. The van der Waals surface area contributed by atoms with Gasteiger partial charge in [-0.3, -0.25) is 19.8 Å². The number of nitro benzene ring substituents is 1. The normalized spacial score (nSPS) is 16.0. The zero-order chi connectivity index (χ0) is 21.7. The standard InChI is InChI=1S/C21H18N2O5S2/c1-2-12-28-20(25)18(14-8-4-3-5-9-14)22-19(24)17(30-21(22)29)13-15-10-6-7-11-16(15)23(26)27/h3-11,13,18H,2,12H2,1H3/b17-13-. The van der Waals surface area contributed by atoms with Crippen molar-refractivity contribution in [2.75, 3.05) is 6.61 Å². The van der Waals surface area contributed by atoms with Crippen LogP contribution in [0.5, 0.6) is 0 Å². The van der Waals surface area contributed by atoms with Crippen molar-refractivity contribution in [1.82, 2.24) is 4.90 Å². The summed E-state index contributed by atoms with van der Waals surface area (Å²) in [6, 6.07) is 13.9. The molecular weight excluding hydrogens is 424 g/mol. The van der Waals surface area contributed by atoms with E-state index in [4.69, 9.17) is 17.0 Å². The molecule has 7 nitrogen and oxygen atoms in total. The molecule has 3 rings (SSSR count). The molecule has 1 fully saturated rings. The van der Waals surface area contributed by atoms with Gasteiger partial charge in [0.05, 0.1) is 22.0 Å². The third kappa shape index (κ3) is 4.58. The van der Waals surface area contributed by atoms with E-state index >= 15 is 0 Å². The van der Waals surface area contributed by atoms with E-state index in [2.05, 4.69) is 0 Å². The minimum absolute atomic E-state index is 0.121. The Hall–Kier alpha value is -3.04. The number of amides is 1. The summed E-state index contributed by atoms with van der Waals surface area (Å²) in [6.45, 7) is 2.10. The van der Waals surface area contributed by atoms with Crippen molar-refractivity contribution >= 4 is 51.9 Å². The van der Waals surface area contributed by atoms with Crippen LogP contribution in [0.2, 0.25) is 0 Å². The number of nitro groups is 1. The Kier molecular flexibility index (Phi) is 6.96. The van der Waals surface area contributed by atoms with E-state index in [1.165, 1.54) is 17.0 Å². The fourth-order valence-electron chi connectivity index (χ4n) is 2.93. The highest BCUT2D eigenvalue weighted by Gasteiger charge is 2.42. The molecule has 1 amide bonds. The van der Waals surface area contributed by atoms with Gasteiger partial charge in [-0.05, 0) is 24.1 Å². The van der Waals surface area contributed by atoms with E-state index in [1.54, 1.807) is 48.5 Å². The number of rotatable bonds is 7. The molecule has 1 aliphatic heterocycles. The number of esters is 1. The summed E-state index contributed by atoms with van der Waals surface area (Å²) in [6.07, 6.45) is 2.07. The molecule has 0 aliphatic carbocycles. The summed E-state index contributed by atoms with van der Waals surface area (Å²) < 4.78 is 5.50. The Balaban J connectivity index is 1.99. The second kappa shape index (κ2) is 9.64. The van der Waals surface area contributed by atoms with E-state index in [0.29, 0.717) is 12.0 Å². The molecule has 0 radical (unpaired) electrons. The van der Waals surface area contributed by atoms with Crippen LogP contribution < -0.4 is 0 Å². The van der Waals surface area contributed by atoms with Crippen LogP contribution in [0.1, 0.15) is 30.5 Å². The van der Waals surface area contributed by atoms with Gasteiger partial charge in [0.25, 0.3) is 11.6 Å². The smallest absolute Gasteiger partial charge is 0.333 e. The number of carbonyl (C=O) groups excluding carboxylic acids is 2. The molecule has 1 atom stereocenters. The van der Waals surface area contributed by atoms with Gasteiger partial charge in [0.2, 0.25) is 0 Å². The number of para-hydroxylation sites is 1. The maximum atomic E-state index is 13.2. The second-order valence-corrected chi connectivity index (χ2v) is 8.02. The number of benzene rings is 2. The lowest BCUT2D eigenvalue weighted by atomic mass is 10.1. The molecule has 0 spiro atoms. The van der Waals surface area contributed by atoms with Gasteiger partial charge in [0.15, 0.2) is 6.04 Å². The molecule has 30 heavy (non-hydrogen) atoms. The zero-order valence-corrected chi connectivity index (χ0v) is 17.7. The highest BCUT2D eigenvalue weighted by molar-refractivity contribution is 8.26. The molecule has 0 bridgehead atoms. The summed E-state index contributed by atoms with van der Waals surface area (Å²) in [4.78, 5) is 38.1. The largest absolute Gasteiger partial charge is 0.464 e. The maximum Gasteiger partial charge on any atom is 0.333 e. The molecule has 2 aromatic rings. The van der Waals surface area contributed by atoms with Crippen LogP contribution in [-0.2, 0) is 14.3 Å². The molecular formula is C21H18N2O5S2. The van der Waals surface area contributed by atoms with Gasteiger partial charge in [0, 0.05) is 6.07 Å². The predicted molar refractivity (Wildman–Crippen MR) is 119 cm³/mol. The lowest BCUT2D eigenvalue weighted by Crippen LogP contribution is -2.38. The highest BCUT2D eigenvalue weighted by Crippen LogP contribution is 2.39. The first-order chi connectivity index (χ1) is 14.4. The van der Waals surface area contributed by atoms with Gasteiger partial charge >= 0.3 is 5.97 Å². The van der Waals surface area contributed by atoms with Gasteiger partial charge in [-0.2, -0.15) is 0 Å². The van der Waals surface area contributed by atoms with Crippen LogP contribution in [0.25, 0.3) is 6.08 Å². The molecule has 0 saturated carbocycles. The summed E-state index contributed by atoms with van der Waals surface area (Å²) in [5, 5.41) is 11.3. The SMILES string of the molecule is CCCOC(=O)C(c1ccccc1)N1C(=O)/C(=C/c2ccccc2[N+](=O)[O-])SC1=S. The molecule has 154 valence electrons. The van der Waals surface area contributed by atoms with Gasteiger partial charge in [0.1, 0.15) is 4.32 Å². The zero-order valence-electron chi connectivity index (χ0n) is 16.0. The highest BCUT2D eigenvalue weighted by atomic mass is 32.2. The lowest BCUT2D eigenvalue weighted by Gasteiger charge is -2.25. The van der Waals surface area contributed by atoms with Crippen LogP contribution in [0.15, 0.2) is 59.5 Å². The fourth-order valence-corrected chi connectivity index (χ4v) is 4.23. The molecule has 1 aliphatic rings. The Bertz CT molecular complexity index is 1020. The number of hydrogen-bond acceptors (Lipinski definition) is 7. The summed E-state index contributed by atoms with van der Waals surface area (Å²) in [5.41, 5.74) is 0.736. The number of thioether (sulfide) groups is 1. The Morgan fingerprint density at radius 3 is 2.57 bits per heavy atom. The lowest BCUT2D eigenvalue weighted by molar-refractivity contribution is -0.385. The van der Waals surface area contributed by atoms with E-state index in [-0.39, 0.29) is 27.1 Å². The molecule has 9 heteroatoms. The predicted octanol–water partition coefficient (Wildman–Crippen LogP) is 4.49. The van der Waals surface area contributed by atoms with Crippen molar-refractivity contribution in [2.45, 2.75) is 19.4 Å². The minimum Gasteiger partial charge on any atom is -0.464 e. The van der Waals surface area contributed by atoms with Crippen LogP contribution in [0.4, 0.5) is 5.69 Å². The van der Waals surface area contributed by atoms with Crippen molar-refractivity contribution in [3.8, 4) is 0 Å². The third-order valence-corrected chi connectivity index (χ3v) is 5.62. The molecule has 1 saturated heterocycles. The monoisotopic (exact) mass is 442 g/mol. The number of nitrogens with zero attached hydrogens (tertiary/aromatic N) is 2. The average Bonchev–Trinajstić information content (AvgIpc) is 3.01. The van der Waals surface area contributed by atoms with Crippen LogP contribution >= 0.6 is 24.0 Å². The summed E-state index contributed by atoms with van der Waals surface area (Å²) >= 11 is 6.39. The van der Waals surface area contributed by atoms with Crippen molar-refractivity contribution in [3.05, 3.63) is 80.7 Å². The van der Waals surface area contributed by atoms with Crippen LogP contribution in [-0.4, -0.2) is 32.6 Å². The number of hydrogen-bond donors (Lipinski definition) is 0. The van der Waals surface area contributed by atoms with Gasteiger partial charge in [-0.15, -0.1) is 0 Å². The summed E-state index contributed by atoms with van der Waals surface area (Å²) in [7, 11) is 0. The number of thiocarbonyl (C=S) groups is 1. The van der Waals surface area contributed by atoms with Gasteiger partial charge in [-0.25, -0.2) is 4.79 Å². The number of ether oxygens (including phenoxy) is 1. The molecule has 1 unspecified atom stereocenters. The van der Waals surface area contributed by atoms with E-state index < -0.39 is 22.8 Å². The van der Waals surface area contributed by atoms with Crippen LogP contribution in [0, 0.1) is 10.1 Å². The minimum atomic E-state index is -1.03. The molecule has 0 aromatic heterocycles. The Labute approximate surface area is 182 Å². The van der Waals surface area contributed by atoms with E-state index in [1.807, 2.05) is 6.92 Å². The van der Waals surface area contributed by atoms with Crippen molar-refractivity contribution in [2.24, 2.45) is 0 Å². The fraction of sp³-hybridized carbons (Fsp3) is 0.190. The van der Waals surface area contributed by atoms with Gasteiger partial charge < -0.3 is 4.74 Å². The van der Waals surface area contributed by atoms with E-state index in [9.17, 15) is 19.7 Å². The first-order valence-corrected chi connectivity index (χ1v) is 10.4. The quantitative estimate of drug-likeness (QED) is 0.205. The first kappa shape index (κ1) is 21.7. The second-order valence-electron chi connectivity index (χ2n) is 6.35. The molecule has 0 N–H and O–H groups in total. The molecule has 1 heterocycles. The maximum absolute atomic E-state index is 13.2. The van der Waals surface area contributed by atoms with E-state index in [0.717, 1.165) is 11.8 Å². The molecule has 2 aromatic carbocycles. The third-order valence-electron chi connectivity index (χ3n) is 4.29. The van der Waals surface area contributed by atoms with Gasteiger partial charge in [-0.1, -0.05) is 73.4 Å². The number of carbonyl (C=O) groups is 2. The Morgan fingerprint density at radius 2 is 1.90 bits per heavy atom.